The number of para-hydroxylation sites is 4. The fourth-order valence-corrected chi connectivity index (χ4v) is 8.69. The first kappa shape index (κ1) is 42.0. The Morgan fingerprint density at radius 3 is 0.938 bits per heavy atom. The van der Waals surface area contributed by atoms with Crippen LogP contribution in [-0.2, 0) is 35.2 Å². The number of amides is 4. The van der Waals surface area contributed by atoms with Crippen molar-refractivity contribution in [3.63, 3.8) is 0 Å². The van der Waals surface area contributed by atoms with Gasteiger partial charge in [-0.2, -0.15) is 0 Å². The van der Waals surface area contributed by atoms with Crippen molar-refractivity contribution >= 4 is 23.6 Å². The van der Waals surface area contributed by atoms with Crippen LogP contribution in [0.25, 0.3) is 0 Å². The van der Waals surface area contributed by atoms with E-state index in [0.29, 0.717) is 81.7 Å². The predicted octanol–water partition coefficient (Wildman–Crippen LogP) is 7.16. The fourth-order valence-electron chi connectivity index (χ4n) is 8.69. The molecule has 12 heteroatoms. The molecule has 0 radical (unpaired) electrons. The number of carbonyl (C=O) groups is 4. The molecule has 4 amide bonds. The number of hydrogen-bond acceptors (Lipinski definition) is 10. The first-order valence-corrected chi connectivity index (χ1v) is 21.4. The van der Waals surface area contributed by atoms with Crippen LogP contribution in [0.3, 0.4) is 0 Å². The average molecular weight is 859 g/mol. The van der Waals surface area contributed by atoms with Crippen LogP contribution in [0.15, 0.2) is 121 Å². The Morgan fingerprint density at radius 2 is 0.641 bits per heavy atom. The van der Waals surface area contributed by atoms with Gasteiger partial charge in [-0.1, -0.05) is 97.1 Å². The summed E-state index contributed by atoms with van der Waals surface area (Å²) >= 11 is 0. The summed E-state index contributed by atoms with van der Waals surface area (Å²) in [4.78, 5) is 53.6. The molecule has 1 aliphatic carbocycles. The van der Waals surface area contributed by atoms with Gasteiger partial charge in [0.25, 0.3) is 23.6 Å². The highest BCUT2D eigenvalue weighted by Gasteiger charge is 2.36. The van der Waals surface area contributed by atoms with Crippen molar-refractivity contribution in [2.45, 2.75) is 25.7 Å². The molecule has 0 spiro atoms. The normalized spacial score (nSPS) is 14.2. The molecule has 324 valence electrons. The number of rotatable bonds is 14. The van der Waals surface area contributed by atoms with Crippen LogP contribution in [0.5, 0.6) is 23.0 Å². The van der Waals surface area contributed by atoms with E-state index in [0.717, 1.165) is 22.3 Å². The van der Waals surface area contributed by atoms with Crippen molar-refractivity contribution in [1.82, 2.24) is 9.80 Å². The molecule has 0 unspecified atom stereocenters. The van der Waals surface area contributed by atoms with Gasteiger partial charge in [0.05, 0.1) is 61.8 Å². The lowest BCUT2D eigenvalue weighted by molar-refractivity contribution is 0.0516. The molecule has 2 aliphatic heterocycles. The largest absolute Gasteiger partial charge is 0.507 e. The average Bonchev–Trinajstić information content (AvgIpc) is 3.69. The summed E-state index contributed by atoms with van der Waals surface area (Å²) in [5.41, 5.74) is 7.78. The molecule has 3 aliphatic rings. The third-order valence-electron chi connectivity index (χ3n) is 11.9. The van der Waals surface area contributed by atoms with Gasteiger partial charge >= 0.3 is 0 Å². The van der Waals surface area contributed by atoms with Crippen molar-refractivity contribution in [1.29, 1.82) is 0 Å². The summed E-state index contributed by atoms with van der Waals surface area (Å²) in [5, 5.41) is 23.6. The summed E-state index contributed by atoms with van der Waals surface area (Å²) in [7, 11) is 0. The maximum Gasteiger partial charge on any atom is 0.261 e. The van der Waals surface area contributed by atoms with Crippen LogP contribution >= 0.6 is 0 Å². The van der Waals surface area contributed by atoms with Gasteiger partial charge < -0.3 is 29.2 Å². The van der Waals surface area contributed by atoms with E-state index < -0.39 is 0 Å². The zero-order valence-electron chi connectivity index (χ0n) is 35.1. The molecule has 12 nitrogen and oxygen atoms in total. The number of hydrogen-bond donors (Lipinski definition) is 2. The Labute approximate surface area is 370 Å². The van der Waals surface area contributed by atoms with Crippen molar-refractivity contribution in [2.24, 2.45) is 0 Å². The van der Waals surface area contributed by atoms with Gasteiger partial charge in [-0.15, -0.1) is 0 Å². The minimum absolute atomic E-state index is 0.119. The molecule has 6 aromatic carbocycles. The maximum atomic E-state index is 12.8. The number of nitrogens with zero attached hydrogens (tertiary/aromatic N) is 2. The molecule has 2 heterocycles. The van der Waals surface area contributed by atoms with Crippen LogP contribution in [-0.4, -0.2) is 96.4 Å². The number of imide groups is 2. The Morgan fingerprint density at radius 1 is 0.359 bits per heavy atom. The Hall–Kier alpha value is -7.28. The summed E-state index contributed by atoms with van der Waals surface area (Å²) in [5.74, 6) is 0.267. The molecule has 0 atom stereocenters. The van der Waals surface area contributed by atoms with E-state index in [9.17, 15) is 29.4 Å². The summed E-state index contributed by atoms with van der Waals surface area (Å²) < 4.78 is 24.7. The zero-order valence-corrected chi connectivity index (χ0v) is 35.1. The second kappa shape index (κ2) is 18.6. The molecule has 0 saturated heterocycles. The Kier molecular flexibility index (Phi) is 12.2. The molecule has 8 bridgehead atoms. The highest BCUT2D eigenvalue weighted by Crippen LogP contribution is 2.38. The van der Waals surface area contributed by atoms with Gasteiger partial charge in [-0.05, 0) is 68.8 Å². The van der Waals surface area contributed by atoms with Gasteiger partial charge in [-0.3, -0.25) is 29.0 Å². The minimum Gasteiger partial charge on any atom is -0.507 e. The van der Waals surface area contributed by atoms with E-state index in [-0.39, 0.29) is 87.9 Å². The minimum atomic E-state index is -0.328. The fraction of sp³-hybridized carbons (Fsp3) is 0.231. The zero-order chi connectivity index (χ0) is 44.2. The second-order valence-electron chi connectivity index (χ2n) is 15.9. The number of ether oxygens (including phenoxy) is 4. The summed E-state index contributed by atoms with van der Waals surface area (Å²) in [6.07, 6.45) is 1.43. The Balaban J connectivity index is 0.903. The van der Waals surface area contributed by atoms with Gasteiger partial charge in [0, 0.05) is 25.7 Å². The quantitative estimate of drug-likeness (QED) is 0.0852. The smallest absolute Gasteiger partial charge is 0.261 e. The van der Waals surface area contributed by atoms with E-state index in [2.05, 4.69) is 0 Å². The van der Waals surface area contributed by atoms with Crippen molar-refractivity contribution in [3.05, 3.63) is 188 Å². The summed E-state index contributed by atoms with van der Waals surface area (Å²) in [6.45, 7) is 1.29. The lowest BCUT2D eigenvalue weighted by Crippen LogP contribution is -2.33. The van der Waals surface area contributed by atoms with Gasteiger partial charge in [0.2, 0.25) is 0 Å². The third-order valence-corrected chi connectivity index (χ3v) is 11.9. The monoisotopic (exact) mass is 858 g/mol. The van der Waals surface area contributed by atoms with Crippen molar-refractivity contribution in [3.8, 4) is 23.0 Å². The number of aromatic hydroxyl groups is 2. The maximum absolute atomic E-state index is 12.8. The van der Waals surface area contributed by atoms with Crippen molar-refractivity contribution < 1.29 is 48.3 Å². The van der Waals surface area contributed by atoms with E-state index in [1.807, 2.05) is 72.8 Å². The number of fused-ring (bicyclic) bond motifs is 10. The number of phenols is 2. The molecule has 2 N–H and O–H groups in total. The second-order valence-corrected chi connectivity index (χ2v) is 15.9. The standard InChI is InChI=1S/C52H46N2O10/c55-45-33-9-5-11-35(45)31-39-15-8-16-40(48(39)64-28-26-62-24-22-54-51(59)43-19-3-4-20-44(43)52(54)60)32-36-12-6-10-34(46(36)56)30-38-14-7-13-37(29-33)47(38)63-27-25-61-23-21-53-49(57)41-17-1-2-18-42(41)50(53)58/h1-20,55-56H,21-32H2. The van der Waals surface area contributed by atoms with Crippen molar-refractivity contribution in [2.75, 3.05) is 52.7 Å². The molecule has 64 heavy (non-hydrogen) atoms. The van der Waals surface area contributed by atoms with E-state index in [4.69, 9.17) is 18.9 Å². The molecule has 0 saturated carbocycles. The predicted molar refractivity (Wildman–Crippen MR) is 237 cm³/mol. The molecular formula is C52H46N2O10. The van der Waals surface area contributed by atoms with Gasteiger partial charge in [0.15, 0.2) is 0 Å². The summed E-state index contributed by atoms with van der Waals surface area (Å²) in [6, 6.07) is 36.7. The number of carbonyl (C=O) groups excluding carboxylic acids is 4. The highest BCUT2D eigenvalue weighted by molar-refractivity contribution is 6.22. The van der Waals surface area contributed by atoms with Crippen LogP contribution in [0.1, 0.15) is 85.9 Å². The van der Waals surface area contributed by atoms with Crippen LogP contribution in [0.2, 0.25) is 0 Å². The van der Waals surface area contributed by atoms with Crippen LogP contribution in [0.4, 0.5) is 0 Å². The number of phenolic OH excluding ortho intramolecular Hbond substituents is 2. The van der Waals surface area contributed by atoms with E-state index in [1.54, 1.807) is 48.5 Å². The van der Waals surface area contributed by atoms with Crippen LogP contribution in [0, 0.1) is 0 Å². The Bertz CT molecular complexity index is 2440. The van der Waals surface area contributed by atoms with Gasteiger partial charge in [0.1, 0.15) is 36.2 Å². The molecule has 9 rings (SSSR count). The highest BCUT2D eigenvalue weighted by atomic mass is 16.5. The van der Waals surface area contributed by atoms with Gasteiger partial charge in [-0.25, -0.2) is 0 Å². The van der Waals surface area contributed by atoms with E-state index in [1.165, 1.54) is 9.80 Å². The van der Waals surface area contributed by atoms with E-state index >= 15 is 0 Å². The lowest BCUT2D eigenvalue weighted by atomic mass is 9.91. The topological polar surface area (TPSA) is 152 Å². The third kappa shape index (κ3) is 8.45. The SMILES string of the molecule is O=C1c2ccccc2C(=O)N1CCOCCOc1c2cccc1Cc1cccc(c1O)Cc1cccc(c1OCCOCCN1C(=O)c3ccccc3C1=O)Cc1cccc(c1O)C2. The molecule has 0 aromatic heterocycles. The molecular weight excluding hydrogens is 813 g/mol. The van der Waals surface area contributed by atoms with Crippen LogP contribution < -0.4 is 9.47 Å². The molecule has 0 fully saturated rings. The molecule has 6 aromatic rings. The lowest BCUT2D eigenvalue weighted by Gasteiger charge is -2.20. The number of benzene rings is 6. The first-order chi connectivity index (χ1) is 31.3. The first-order valence-electron chi connectivity index (χ1n) is 21.4.